The molecule has 2 aromatic carbocycles. The van der Waals surface area contributed by atoms with Crippen LogP contribution in [0.5, 0.6) is 5.75 Å². The average Bonchev–Trinajstić information content (AvgIpc) is 3.09. The van der Waals surface area contributed by atoms with E-state index in [4.69, 9.17) is 14.5 Å². The molecule has 0 spiro atoms. The Balaban J connectivity index is 2.00. The van der Waals surface area contributed by atoms with Gasteiger partial charge in [0, 0.05) is 5.56 Å². The number of nitrogens with zero attached hydrogens (tertiary/aromatic N) is 3. The molecule has 0 saturated heterocycles. The first-order chi connectivity index (χ1) is 13.6. The van der Waals surface area contributed by atoms with Crippen molar-refractivity contribution in [2.24, 2.45) is 0 Å². The van der Waals surface area contributed by atoms with Crippen LogP contribution in [0.4, 0.5) is 0 Å². The van der Waals surface area contributed by atoms with Crippen LogP contribution >= 0.6 is 0 Å². The average molecular weight is 373 g/mol. The molecule has 0 fully saturated rings. The van der Waals surface area contributed by atoms with E-state index in [9.17, 15) is 4.79 Å². The van der Waals surface area contributed by atoms with Crippen molar-refractivity contribution in [2.75, 3.05) is 14.2 Å². The molecule has 0 amide bonds. The van der Waals surface area contributed by atoms with E-state index in [2.05, 4.69) is 5.10 Å². The number of aryl methyl sites for hydroxylation is 1. The van der Waals surface area contributed by atoms with E-state index in [1.165, 1.54) is 7.11 Å². The standard InChI is InChI=1S/C22H19N3O3/c1-14-20-18(22(26)28-3)13-19(15-9-11-17(27-2)12-10-15)23-21(20)25(24-14)16-7-5-4-6-8-16/h4-13H,1-3H3. The smallest absolute Gasteiger partial charge is 0.338 e. The van der Waals surface area contributed by atoms with Crippen LogP contribution in [0, 0.1) is 6.92 Å². The minimum atomic E-state index is -0.419. The fourth-order valence-corrected chi connectivity index (χ4v) is 3.22. The lowest BCUT2D eigenvalue weighted by Crippen LogP contribution is -2.05. The molecule has 0 bridgehead atoms. The molecule has 140 valence electrons. The van der Waals surface area contributed by atoms with Crippen LogP contribution in [0.15, 0.2) is 60.7 Å². The van der Waals surface area contributed by atoms with Gasteiger partial charge >= 0.3 is 5.97 Å². The molecule has 6 heteroatoms. The second-order valence-corrected chi connectivity index (χ2v) is 6.31. The first kappa shape index (κ1) is 17.7. The minimum absolute atomic E-state index is 0.419. The predicted octanol–water partition coefficient (Wildman–Crippen LogP) is 4.19. The zero-order chi connectivity index (χ0) is 19.7. The summed E-state index contributed by atoms with van der Waals surface area (Å²) in [5.74, 6) is 0.334. The topological polar surface area (TPSA) is 66.2 Å². The number of carbonyl (C=O) groups is 1. The Bertz CT molecular complexity index is 1150. The Labute approximate surface area is 162 Å². The number of aromatic nitrogens is 3. The fraction of sp³-hybridized carbons (Fsp3) is 0.136. The Morgan fingerprint density at radius 2 is 1.71 bits per heavy atom. The maximum atomic E-state index is 12.5. The Hall–Kier alpha value is -3.67. The summed E-state index contributed by atoms with van der Waals surface area (Å²) in [6.07, 6.45) is 0. The van der Waals surface area contributed by atoms with E-state index in [1.54, 1.807) is 17.9 Å². The van der Waals surface area contributed by atoms with Crippen LogP contribution < -0.4 is 4.74 Å². The number of ether oxygens (including phenoxy) is 2. The van der Waals surface area contributed by atoms with Gasteiger partial charge in [-0.1, -0.05) is 18.2 Å². The number of esters is 1. The van der Waals surface area contributed by atoms with Crippen molar-refractivity contribution >= 4 is 17.0 Å². The van der Waals surface area contributed by atoms with Crippen LogP contribution in [0.25, 0.3) is 28.0 Å². The zero-order valence-electron chi connectivity index (χ0n) is 15.8. The molecule has 0 aliphatic rings. The molecule has 2 aromatic heterocycles. The molecule has 0 atom stereocenters. The molecule has 4 aromatic rings. The van der Waals surface area contributed by atoms with Gasteiger partial charge in [0.05, 0.1) is 42.2 Å². The number of methoxy groups -OCH3 is 2. The first-order valence-electron chi connectivity index (χ1n) is 8.81. The number of carbonyl (C=O) groups excluding carboxylic acids is 1. The van der Waals surface area contributed by atoms with Crippen molar-refractivity contribution in [2.45, 2.75) is 6.92 Å². The second kappa shape index (κ2) is 7.15. The van der Waals surface area contributed by atoms with E-state index in [0.717, 1.165) is 17.0 Å². The number of hydrogen-bond donors (Lipinski definition) is 0. The van der Waals surface area contributed by atoms with E-state index < -0.39 is 5.97 Å². The lowest BCUT2D eigenvalue weighted by Gasteiger charge is -2.09. The molecule has 4 rings (SSSR count). The maximum Gasteiger partial charge on any atom is 0.338 e. The Morgan fingerprint density at radius 3 is 2.36 bits per heavy atom. The van der Waals surface area contributed by atoms with Gasteiger partial charge in [-0.2, -0.15) is 5.10 Å². The Morgan fingerprint density at radius 1 is 1.00 bits per heavy atom. The van der Waals surface area contributed by atoms with Gasteiger partial charge in [0.25, 0.3) is 0 Å². The third-order valence-electron chi connectivity index (χ3n) is 4.60. The molecule has 0 saturated carbocycles. The van der Waals surface area contributed by atoms with Crippen LogP contribution in [-0.2, 0) is 4.74 Å². The van der Waals surface area contributed by atoms with Crippen LogP contribution in [0.1, 0.15) is 16.1 Å². The van der Waals surface area contributed by atoms with E-state index in [-0.39, 0.29) is 0 Å². The molecule has 6 nitrogen and oxygen atoms in total. The van der Waals surface area contributed by atoms with Gasteiger partial charge in [0.2, 0.25) is 0 Å². The third-order valence-corrected chi connectivity index (χ3v) is 4.60. The van der Waals surface area contributed by atoms with Crippen LogP contribution in [0.3, 0.4) is 0 Å². The first-order valence-corrected chi connectivity index (χ1v) is 8.81. The summed E-state index contributed by atoms with van der Waals surface area (Å²) in [4.78, 5) is 17.3. The maximum absolute atomic E-state index is 12.5. The minimum Gasteiger partial charge on any atom is -0.497 e. The largest absolute Gasteiger partial charge is 0.497 e. The summed E-state index contributed by atoms with van der Waals surface area (Å²) in [6.45, 7) is 1.86. The van der Waals surface area contributed by atoms with Gasteiger partial charge in [-0.05, 0) is 49.4 Å². The molecule has 28 heavy (non-hydrogen) atoms. The highest BCUT2D eigenvalue weighted by Gasteiger charge is 2.21. The molecular formula is C22H19N3O3. The van der Waals surface area contributed by atoms with E-state index >= 15 is 0 Å². The normalized spacial score (nSPS) is 10.8. The number of hydrogen-bond acceptors (Lipinski definition) is 5. The summed E-state index contributed by atoms with van der Waals surface area (Å²) in [5.41, 5.74) is 4.16. The van der Waals surface area contributed by atoms with Gasteiger partial charge < -0.3 is 9.47 Å². The molecule has 0 radical (unpaired) electrons. The molecule has 2 heterocycles. The van der Waals surface area contributed by atoms with E-state index in [1.807, 2.05) is 61.5 Å². The summed E-state index contributed by atoms with van der Waals surface area (Å²) in [7, 11) is 2.99. The highest BCUT2D eigenvalue weighted by Crippen LogP contribution is 2.30. The molecule has 0 N–H and O–H groups in total. The van der Waals surface area contributed by atoms with E-state index in [0.29, 0.717) is 28.0 Å². The molecule has 0 aliphatic carbocycles. The van der Waals surface area contributed by atoms with Crippen molar-refractivity contribution in [1.29, 1.82) is 0 Å². The van der Waals surface area contributed by atoms with Crippen molar-refractivity contribution in [3.05, 3.63) is 71.9 Å². The number of rotatable bonds is 4. The summed E-state index contributed by atoms with van der Waals surface area (Å²) in [5, 5.41) is 5.31. The highest BCUT2D eigenvalue weighted by atomic mass is 16.5. The van der Waals surface area contributed by atoms with Crippen LogP contribution in [-0.4, -0.2) is 35.0 Å². The van der Waals surface area contributed by atoms with Crippen molar-refractivity contribution in [3.8, 4) is 22.7 Å². The second-order valence-electron chi connectivity index (χ2n) is 6.31. The SMILES string of the molecule is COC(=O)c1cc(-c2ccc(OC)cc2)nc2c1c(C)nn2-c1ccccc1. The Kier molecular flexibility index (Phi) is 4.53. The number of benzene rings is 2. The van der Waals surface area contributed by atoms with Crippen molar-refractivity contribution in [3.63, 3.8) is 0 Å². The number of pyridine rings is 1. The monoisotopic (exact) mass is 373 g/mol. The molecule has 0 unspecified atom stereocenters. The number of fused-ring (bicyclic) bond motifs is 1. The lowest BCUT2D eigenvalue weighted by molar-refractivity contribution is 0.0603. The van der Waals surface area contributed by atoms with Crippen molar-refractivity contribution < 1.29 is 14.3 Å². The third kappa shape index (κ3) is 2.99. The molecular weight excluding hydrogens is 354 g/mol. The van der Waals surface area contributed by atoms with Crippen molar-refractivity contribution in [1.82, 2.24) is 14.8 Å². The van der Waals surface area contributed by atoms with Gasteiger partial charge in [-0.15, -0.1) is 0 Å². The predicted molar refractivity (Wildman–Crippen MR) is 107 cm³/mol. The van der Waals surface area contributed by atoms with Gasteiger partial charge in [0.15, 0.2) is 5.65 Å². The summed E-state index contributed by atoms with van der Waals surface area (Å²) < 4.78 is 12.0. The highest BCUT2D eigenvalue weighted by molar-refractivity contribution is 6.05. The number of para-hydroxylation sites is 1. The molecule has 0 aliphatic heterocycles. The zero-order valence-corrected chi connectivity index (χ0v) is 15.8. The summed E-state index contributed by atoms with van der Waals surface area (Å²) >= 11 is 0. The lowest BCUT2D eigenvalue weighted by atomic mass is 10.1. The quantitative estimate of drug-likeness (QED) is 0.502. The van der Waals surface area contributed by atoms with Gasteiger partial charge in [0.1, 0.15) is 5.75 Å². The van der Waals surface area contributed by atoms with Gasteiger partial charge in [-0.25, -0.2) is 14.5 Å². The van der Waals surface area contributed by atoms with Gasteiger partial charge in [-0.3, -0.25) is 0 Å². The summed E-state index contributed by atoms with van der Waals surface area (Å²) in [6, 6.07) is 19.0. The van der Waals surface area contributed by atoms with Crippen LogP contribution in [0.2, 0.25) is 0 Å². The fourth-order valence-electron chi connectivity index (χ4n) is 3.22.